The van der Waals surface area contributed by atoms with Crippen LogP contribution in [0, 0.1) is 5.92 Å². The molecule has 0 fully saturated rings. The van der Waals surface area contributed by atoms with Crippen LogP contribution in [0.5, 0.6) is 0 Å². The molecule has 3 amide bonds. The second-order valence-corrected chi connectivity index (χ2v) is 10.3. The molecule has 0 spiro atoms. The summed E-state index contributed by atoms with van der Waals surface area (Å²) in [6.07, 6.45) is -1.11. The van der Waals surface area contributed by atoms with Crippen molar-refractivity contribution in [2.45, 2.75) is 58.1 Å². The zero-order chi connectivity index (χ0) is 31.3. The number of ether oxygens (including phenoxy) is 1. The zero-order valence-electron chi connectivity index (χ0n) is 23.6. The number of hydrogen-bond acceptors (Lipinski definition) is 9. The van der Waals surface area contributed by atoms with Crippen LogP contribution >= 0.6 is 0 Å². The third-order valence-electron chi connectivity index (χ3n) is 5.58. The van der Waals surface area contributed by atoms with Crippen molar-refractivity contribution in [3.05, 3.63) is 48.5 Å². The van der Waals surface area contributed by atoms with E-state index in [4.69, 9.17) is 10.5 Å². The van der Waals surface area contributed by atoms with Crippen LogP contribution < -0.4 is 21.7 Å². The molecule has 226 valence electrons. The molecule has 0 radical (unpaired) electrons. The maximum absolute atomic E-state index is 12.4. The average Bonchev–Trinajstić information content (AvgIpc) is 2.91. The van der Waals surface area contributed by atoms with Gasteiger partial charge >= 0.3 is 18.0 Å². The Morgan fingerprint density at radius 3 is 1.76 bits per heavy atom. The lowest BCUT2D eigenvalue weighted by atomic mass is 9.94. The van der Waals surface area contributed by atoms with Crippen LogP contribution in [-0.4, -0.2) is 58.2 Å². The molecule has 0 unspecified atom stereocenters. The van der Waals surface area contributed by atoms with Gasteiger partial charge in [0.25, 0.3) is 0 Å². The second-order valence-electron chi connectivity index (χ2n) is 10.3. The van der Waals surface area contributed by atoms with Crippen molar-refractivity contribution in [2.24, 2.45) is 21.9 Å². The molecule has 14 nitrogen and oxygen atoms in total. The van der Waals surface area contributed by atoms with Crippen LogP contribution in [0.15, 0.2) is 58.8 Å². The van der Waals surface area contributed by atoms with Crippen LogP contribution in [0.3, 0.4) is 0 Å². The fourth-order valence-corrected chi connectivity index (χ4v) is 3.58. The number of carbonyl (C=O) groups is 5. The van der Waals surface area contributed by atoms with Gasteiger partial charge in [-0.1, -0.05) is 0 Å². The Balaban J connectivity index is 1.84. The van der Waals surface area contributed by atoms with E-state index in [2.05, 4.69) is 26.2 Å². The molecule has 42 heavy (non-hydrogen) atoms. The van der Waals surface area contributed by atoms with Crippen LogP contribution in [0.4, 0.5) is 27.5 Å². The molecule has 2 aromatic carbocycles. The number of nitrogens with zero attached hydrogens (tertiary/aromatic N) is 2. The van der Waals surface area contributed by atoms with E-state index >= 15 is 0 Å². The van der Waals surface area contributed by atoms with E-state index in [1.54, 1.807) is 69.3 Å². The number of carbonyl (C=O) groups excluding carboxylic acids is 3. The molecule has 14 heteroatoms. The molecule has 0 heterocycles. The quantitative estimate of drug-likeness (QED) is 0.175. The van der Waals surface area contributed by atoms with E-state index < -0.39 is 35.6 Å². The summed E-state index contributed by atoms with van der Waals surface area (Å²) in [6.45, 7) is 4.73. The van der Waals surface area contributed by atoms with Gasteiger partial charge < -0.3 is 36.6 Å². The minimum absolute atomic E-state index is 0.00417. The highest BCUT2D eigenvalue weighted by Crippen LogP contribution is 2.22. The summed E-state index contributed by atoms with van der Waals surface area (Å²) in [5.41, 5.74) is 6.60. The Bertz CT molecular complexity index is 1270. The molecule has 0 bridgehead atoms. The fraction of sp³-hybridized carbons (Fsp3) is 0.393. The highest BCUT2D eigenvalue weighted by atomic mass is 16.6. The molecule has 0 aromatic heterocycles. The number of alkyl carbamates (subject to hydrolysis) is 1. The first-order valence-corrected chi connectivity index (χ1v) is 13.1. The predicted molar refractivity (Wildman–Crippen MR) is 154 cm³/mol. The highest BCUT2D eigenvalue weighted by Gasteiger charge is 2.30. The molecule has 2 atom stereocenters. The summed E-state index contributed by atoms with van der Waals surface area (Å²) in [4.78, 5) is 58.9. The van der Waals surface area contributed by atoms with Gasteiger partial charge in [-0.05, 0) is 88.6 Å². The van der Waals surface area contributed by atoms with Crippen LogP contribution in [-0.2, 0) is 23.9 Å². The van der Waals surface area contributed by atoms with E-state index in [-0.39, 0.29) is 44.0 Å². The van der Waals surface area contributed by atoms with E-state index in [1.807, 2.05) is 0 Å². The highest BCUT2D eigenvalue weighted by molar-refractivity contribution is 5.92. The first-order chi connectivity index (χ1) is 19.8. The molecular formula is C28H36N6O8. The number of anilines is 2. The van der Waals surface area contributed by atoms with Gasteiger partial charge in [-0.15, -0.1) is 0 Å². The Labute approximate surface area is 242 Å². The summed E-state index contributed by atoms with van der Waals surface area (Å²) in [5.74, 6) is -4.37. The van der Waals surface area contributed by atoms with Crippen LogP contribution in [0.25, 0.3) is 0 Å². The van der Waals surface area contributed by atoms with Gasteiger partial charge in [0.15, 0.2) is 0 Å². The molecule has 0 saturated heterocycles. The average molecular weight is 585 g/mol. The summed E-state index contributed by atoms with van der Waals surface area (Å²) >= 11 is 0. The SMILES string of the molecule is CC(C)(C)OC(=O)N[C@@H](C[C@H](CCCC(=O)Nc1ccc(N=Nc2ccc(NC(=O)CN)cc2)cc1)C(=O)O)C(=O)O. The number of carboxylic acid groups (broad SMARTS) is 2. The number of benzene rings is 2. The van der Waals surface area contributed by atoms with Crippen LogP contribution in [0.1, 0.15) is 46.5 Å². The van der Waals surface area contributed by atoms with Gasteiger partial charge in [-0.2, -0.15) is 10.2 Å². The number of nitrogens with one attached hydrogen (secondary N) is 3. The van der Waals surface area contributed by atoms with Gasteiger partial charge in [-0.25, -0.2) is 9.59 Å². The minimum Gasteiger partial charge on any atom is -0.481 e. The molecule has 0 aliphatic rings. The van der Waals surface area contributed by atoms with Crippen molar-refractivity contribution in [2.75, 3.05) is 17.2 Å². The number of azo groups is 1. The lowest BCUT2D eigenvalue weighted by molar-refractivity contribution is -0.144. The summed E-state index contributed by atoms with van der Waals surface area (Å²) < 4.78 is 5.05. The lowest BCUT2D eigenvalue weighted by Crippen LogP contribution is -2.45. The first-order valence-electron chi connectivity index (χ1n) is 13.1. The Hall–Kier alpha value is -4.85. The fourth-order valence-electron chi connectivity index (χ4n) is 3.58. The van der Waals surface area contributed by atoms with Crippen molar-refractivity contribution >= 4 is 52.6 Å². The van der Waals surface area contributed by atoms with Crippen molar-refractivity contribution in [3.8, 4) is 0 Å². The van der Waals surface area contributed by atoms with Crippen molar-refractivity contribution in [1.29, 1.82) is 0 Å². The lowest BCUT2D eigenvalue weighted by Gasteiger charge is -2.23. The van der Waals surface area contributed by atoms with Gasteiger partial charge in [-0.3, -0.25) is 14.4 Å². The van der Waals surface area contributed by atoms with E-state index in [0.717, 1.165) is 0 Å². The number of rotatable bonds is 14. The topological polar surface area (TPSA) is 222 Å². The zero-order valence-corrected chi connectivity index (χ0v) is 23.6. The summed E-state index contributed by atoms with van der Waals surface area (Å²) in [5, 5.41) is 34.8. The minimum atomic E-state index is -1.46. The number of nitrogens with two attached hydrogens (primary N) is 1. The van der Waals surface area contributed by atoms with Gasteiger partial charge in [0.1, 0.15) is 11.6 Å². The number of carboxylic acids is 2. The summed E-state index contributed by atoms with van der Waals surface area (Å²) in [6, 6.07) is 11.8. The number of amides is 3. The first kappa shape index (κ1) is 33.4. The number of hydrogen-bond donors (Lipinski definition) is 6. The molecule has 0 saturated carbocycles. The number of aliphatic carboxylic acids is 2. The van der Waals surface area contributed by atoms with E-state index in [9.17, 15) is 34.2 Å². The molecule has 2 rings (SSSR count). The van der Waals surface area contributed by atoms with E-state index in [0.29, 0.717) is 22.7 Å². The molecule has 7 N–H and O–H groups in total. The monoisotopic (exact) mass is 584 g/mol. The normalized spacial score (nSPS) is 12.7. The Morgan fingerprint density at radius 1 is 0.833 bits per heavy atom. The largest absolute Gasteiger partial charge is 0.481 e. The smallest absolute Gasteiger partial charge is 0.408 e. The predicted octanol–water partition coefficient (Wildman–Crippen LogP) is 4.18. The van der Waals surface area contributed by atoms with Crippen LogP contribution in [0.2, 0.25) is 0 Å². The van der Waals surface area contributed by atoms with Gasteiger partial charge in [0.05, 0.1) is 23.8 Å². The molecular weight excluding hydrogens is 548 g/mol. The van der Waals surface area contributed by atoms with Crippen molar-refractivity contribution in [3.63, 3.8) is 0 Å². The van der Waals surface area contributed by atoms with Crippen molar-refractivity contribution < 1.29 is 38.9 Å². The standard InChI is InChI=1S/C28H36N6O8/c1-28(2,3)42-27(41)32-22(26(39)40)15-17(25(37)38)5-4-6-23(35)30-18-7-11-20(12-8-18)33-34-21-13-9-19(10-14-21)31-24(36)16-29/h7-14,17,22H,4-6,15-16,29H2,1-3H3,(H,30,35)(H,31,36)(H,32,41)(H,37,38)(H,39,40)/t17-,22-/m0/s1. The Morgan fingerprint density at radius 2 is 1.33 bits per heavy atom. The third-order valence-corrected chi connectivity index (χ3v) is 5.58. The third kappa shape index (κ3) is 12.6. The molecule has 2 aromatic rings. The maximum atomic E-state index is 12.4. The Kier molecular flexibility index (Phi) is 12.6. The van der Waals surface area contributed by atoms with Gasteiger partial charge in [0, 0.05) is 17.8 Å². The second kappa shape index (κ2) is 15.8. The molecule has 0 aliphatic heterocycles. The van der Waals surface area contributed by atoms with Gasteiger partial charge in [0.2, 0.25) is 11.8 Å². The molecule has 0 aliphatic carbocycles. The van der Waals surface area contributed by atoms with Crippen molar-refractivity contribution in [1.82, 2.24) is 5.32 Å². The summed E-state index contributed by atoms with van der Waals surface area (Å²) in [7, 11) is 0. The maximum Gasteiger partial charge on any atom is 0.408 e. The van der Waals surface area contributed by atoms with E-state index in [1.165, 1.54) is 0 Å².